The molecule has 1 aliphatic rings. The Bertz CT molecular complexity index is 503. The highest BCUT2D eigenvalue weighted by molar-refractivity contribution is 9.09. The zero-order valence-corrected chi connectivity index (χ0v) is 13.5. The van der Waals surface area contributed by atoms with Gasteiger partial charge in [-0.3, -0.25) is 0 Å². The Labute approximate surface area is 124 Å². The second-order valence-corrected chi connectivity index (χ2v) is 8.46. The number of sulfonamides is 1. The van der Waals surface area contributed by atoms with Gasteiger partial charge in [0.25, 0.3) is 0 Å². The third kappa shape index (κ3) is 4.04. The van der Waals surface area contributed by atoms with Crippen LogP contribution in [0, 0.1) is 5.92 Å². The Morgan fingerprint density at radius 1 is 1.32 bits per heavy atom. The summed E-state index contributed by atoms with van der Waals surface area (Å²) in [6.45, 7) is 3.36. The summed E-state index contributed by atoms with van der Waals surface area (Å²) in [6, 6.07) is 9.78. The average molecular weight is 346 g/mol. The van der Waals surface area contributed by atoms with E-state index in [-0.39, 0.29) is 5.75 Å². The molecular formula is C14H20BrNO2S. The van der Waals surface area contributed by atoms with Crippen LogP contribution in [-0.4, -0.2) is 36.4 Å². The monoisotopic (exact) mass is 345 g/mol. The number of hydrogen-bond donors (Lipinski definition) is 0. The lowest BCUT2D eigenvalue weighted by Crippen LogP contribution is -2.44. The molecule has 1 heterocycles. The number of halogens is 1. The highest BCUT2D eigenvalue weighted by atomic mass is 79.9. The summed E-state index contributed by atoms with van der Waals surface area (Å²) in [7, 11) is -3.13. The standard InChI is InChI=1S/C14H20BrNO2S/c1-12-11-16(9-7-14(12)15)19(17,18)10-8-13-5-3-2-4-6-13/h2-6,12,14H,7-11H2,1H3. The first-order valence-corrected chi connectivity index (χ1v) is 9.17. The van der Waals surface area contributed by atoms with E-state index in [0.29, 0.717) is 30.3 Å². The second-order valence-electron chi connectivity index (χ2n) is 5.19. The van der Waals surface area contributed by atoms with Crippen molar-refractivity contribution in [1.29, 1.82) is 0 Å². The van der Waals surface area contributed by atoms with Crippen LogP contribution in [0.4, 0.5) is 0 Å². The van der Waals surface area contributed by atoms with Crippen LogP contribution in [0.3, 0.4) is 0 Å². The number of rotatable bonds is 4. The minimum Gasteiger partial charge on any atom is -0.212 e. The first kappa shape index (κ1) is 15.0. The van der Waals surface area contributed by atoms with Gasteiger partial charge in [0.05, 0.1) is 5.75 Å². The second kappa shape index (κ2) is 6.37. The fourth-order valence-electron chi connectivity index (χ4n) is 2.35. The van der Waals surface area contributed by atoms with Crippen molar-refractivity contribution in [2.24, 2.45) is 5.92 Å². The molecule has 1 aliphatic heterocycles. The summed E-state index contributed by atoms with van der Waals surface area (Å²) >= 11 is 3.60. The molecule has 0 radical (unpaired) electrons. The smallest absolute Gasteiger partial charge is 0.212 e. The largest absolute Gasteiger partial charge is 0.214 e. The summed E-state index contributed by atoms with van der Waals surface area (Å²) < 4.78 is 26.3. The molecule has 2 atom stereocenters. The first-order chi connectivity index (χ1) is 8.99. The van der Waals surface area contributed by atoms with Gasteiger partial charge in [-0.25, -0.2) is 12.7 Å². The van der Waals surface area contributed by atoms with Gasteiger partial charge in [-0.1, -0.05) is 53.2 Å². The van der Waals surface area contributed by atoms with Gasteiger partial charge in [-0.15, -0.1) is 0 Å². The summed E-state index contributed by atoms with van der Waals surface area (Å²) in [6.07, 6.45) is 1.48. The summed E-state index contributed by atoms with van der Waals surface area (Å²) in [4.78, 5) is 0.438. The van der Waals surface area contributed by atoms with Crippen LogP contribution in [0.5, 0.6) is 0 Å². The maximum atomic E-state index is 12.3. The lowest BCUT2D eigenvalue weighted by molar-refractivity contribution is 0.292. The molecule has 106 valence electrons. The minimum absolute atomic E-state index is 0.205. The van der Waals surface area contributed by atoms with Crippen LogP contribution < -0.4 is 0 Å². The van der Waals surface area contributed by atoms with Crippen LogP contribution in [-0.2, 0) is 16.4 Å². The molecule has 1 fully saturated rings. The molecule has 0 saturated carbocycles. The third-order valence-electron chi connectivity index (χ3n) is 3.65. The molecule has 3 nitrogen and oxygen atoms in total. The van der Waals surface area contributed by atoms with Crippen molar-refractivity contribution in [3.8, 4) is 0 Å². The van der Waals surface area contributed by atoms with Crippen LogP contribution in [0.2, 0.25) is 0 Å². The van der Waals surface area contributed by atoms with Crippen molar-refractivity contribution in [1.82, 2.24) is 4.31 Å². The van der Waals surface area contributed by atoms with E-state index in [1.807, 2.05) is 30.3 Å². The van der Waals surface area contributed by atoms with E-state index in [9.17, 15) is 8.42 Å². The van der Waals surface area contributed by atoms with Gasteiger partial charge in [0, 0.05) is 17.9 Å². The van der Waals surface area contributed by atoms with Crippen molar-refractivity contribution in [2.75, 3.05) is 18.8 Å². The maximum Gasteiger partial charge on any atom is 0.214 e. The van der Waals surface area contributed by atoms with E-state index in [4.69, 9.17) is 0 Å². The van der Waals surface area contributed by atoms with Crippen LogP contribution in [0.25, 0.3) is 0 Å². The molecule has 1 saturated heterocycles. The first-order valence-electron chi connectivity index (χ1n) is 6.65. The van der Waals surface area contributed by atoms with E-state index >= 15 is 0 Å². The SMILES string of the molecule is CC1CN(S(=O)(=O)CCc2ccccc2)CCC1Br. The summed E-state index contributed by atoms with van der Waals surface area (Å²) in [5.41, 5.74) is 1.08. The quantitative estimate of drug-likeness (QED) is 0.786. The van der Waals surface area contributed by atoms with Crippen molar-refractivity contribution in [3.05, 3.63) is 35.9 Å². The molecule has 1 aromatic carbocycles. The van der Waals surface area contributed by atoms with E-state index in [1.54, 1.807) is 4.31 Å². The summed E-state index contributed by atoms with van der Waals surface area (Å²) in [5, 5.41) is 0. The summed E-state index contributed by atoms with van der Waals surface area (Å²) in [5.74, 6) is 0.580. The van der Waals surface area contributed by atoms with Crippen molar-refractivity contribution in [2.45, 2.75) is 24.6 Å². The van der Waals surface area contributed by atoms with Gasteiger partial charge in [0.15, 0.2) is 0 Å². The molecule has 19 heavy (non-hydrogen) atoms. The van der Waals surface area contributed by atoms with Gasteiger partial charge < -0.3 is 0 Å². The molecular weight excluding hydrogens is 326 g/mol. The van der Waals surface area contributed by atoms with Crippen molar-refractivity contribution in [3.63, 3.8) is 0 Å². The molecule has 2 unspecified atom stereocenters. The van der Waals surface area contributed by atoms with E-state index in [0.717, 1.165) is 12.0 Å². The number of benzene rings is 1. The van der Waals surface area contributed by atoms with Gasteiger partial charge in [0.1, 0.15) is 0 Å². The van der Waals surface area contributed by atoms with Crippen molar-refractivity contribution >= 4 is 26.0 Å². The van der Waals surface area contributed by atoms with Crippen molar-refractivity contribution < 1.29 is 8.42 Å². The number of alkyl halides is 1. The van der Waals surface area contributed by atoms with E-state index in [1.165, 1.54) is 0 Å². The van der Waals surface area contributed by atoms with E-state index < -0.39 is 10.0 Å². The fourth-order valence-corrected chi connectivity index (χ4v) is 4.32. The molecule has 0 N–H and O–H groups in total. The fraction of sp³-hybridized carbons (Fsp3) is 0.571. The normalized spacial score (nSPS) is 25.4. The highest BCUT2D eigenvalue weighted by Gasteiger charge is 2.30. The molecule has 0 aliphatic carbocycles. The zero-order chi connectivity index (χ0) is 13.9. The Kier molecular flexibility index (Phi) is 5.03. The molecule has 0 aromatic heterocycles. The van der Waals surface area contributed by atoms with E-state index in [2.05, 4.69) is 22.9 Å². The molecule has 0 bridgehead atoms. The minimum atomic E-state index is -3.13. The molecule has 2 rings (SSSR count). The Morgan fingerprint density at radius 2 is 2.00 bits per heavy atom. The van der Waals surface area contributed by atoms with Crippen LogP contribution >= 0.6 is 15.9 Å². The molecule has 0 amide bonds. The van der Waals surface area contributed by atoms with Gasteiger partial charge in [-0.05, 0) is 24.3 Å². The zero-order valence-electron chi connectivity index (χ0n) is 11.1. The predicted molar refractivity (Wildman–Crippen MR) is 82.0 cm³/mol. The van der Waals surface area contributed by atoms with Gasteiger partial charge in [-0.2, -0.15) is 0 Å². The Hall–Kier alpha value is -0.390. The number of hydrogen-bond acceptors (Lipinski definition) is 2. The van der Waals surface area contributed by atoms with Crippen LogP contribution in [0.15, 0.2) is 30.3 Å². The average Bonchev–Trinajstić information content (AvgIpc) is 2.41. The van der Waals surface area contributed by atoms with Gasteiger partial charge >= 0.3 is 0 Å². The topological polar surface area (TPSA) is 37.4 Å². The highest BCUT2D eigenvalue weighted by Crippen LogP contribution is 2.25. The maximum absolute atomic E-state index is 12.3. The Morgan fingerprint density at radius 3 is 2.63 bits per heavy atom. The predicted octanol–water partition coefficient (Wildman–Crippen LogP) is 2.66. The molecule has 5 heteroatoms. The van der Waals surface area contributed by atoms with Crippen LogP contribution in [0.1, 0.15) is 18.9 Å². The number of aryl methyl sites for hydroxylation is 1. The number of piperidine rings is 1. The van der Waals surface area contributed by atoms with Gasteiger partial charge in [0.2, 0.25) is 10.0 Å². The Balaban J connectivity index is 1.95. The number of nitrogens with zero attached hydrogens (tertiary/aromatic N) is 1. The third-order valence-corrected chi connectivity index (χ3v) is 6.85. The molecule has 1 aromatic rings. The lowest BCUT2D eigenvalue weighted by atomic mass is 10.0. The molecule has 0 spiro atoms. The lowest BCUT2D eigenvalue weighted by Gasteiger charge is -2.33.